The number of hydrogen-bond donors (Lipinski definition) is 1. The van der Waals surface area contributed by atoms with Crippen molar-refractivity contribution < 1.29 is 4.79 Å². The van der Waals surface area contributed by atoms with Crippen LogP contribution in [0.1, 0.15) is 43.0 Å². The number of nitrogens with one attached hydrogen (secondary N) is 1. The van der Waals surface area contributed by atoms with Gasteiger partial charge in [-0.3, -0.25) is 33.6 Å². The van der Waals surface area contributed by atoms with E-state index in [9.17, 15) is 14.4 Å². The van der Waals surface area contributed by atoms with Crippen molar-refractivity contribution in [3.63, 3.8) is 0 Å². The molecule has 1 N–H and O–H groups in total. The van der Waals surface area contributed by atoms with Gasteiger partial charge in [-0.1, -0.05) is 38.1 Å². The second-order valence-corrected chi connectivity index (χ2v) is 11.4. The Balaban J connectivity index is 1.71. The van der Waals surface area contributed by atoms with Crippen LogP contribution in [0.2, 0.25) is 5.02 Å². The molecule has 0 radical (unpaired) electrons. The second-order valence-electron chi connectivity index (χ2n) is 11.0. The standard InChI is InChI=1S/C31H30ClN7O3/c1-6-24(40)37-12-10-19(37)15-38-23-13-21(32)27(25-17(4)7-8-22-20(25)14-34-36-22)35-29(23)39(31(42)30(38)41)28-18(5)9-11-33-26(28)16(2)3/h6-9,11,13-14,16,19H,1,10,12,15H2,2-5H3,(H,34,36). The molecule has 1 aliphatic heterocycles. The fourth-order valence-corrected chi connectivity index (χ4v) is 6.03. The van der Waals surface area contributed by atoms with Crippen molar-refractivity contribution in [3.05, 3.63) is 91.9 Å². The first kappa shape index (κ1) is 27.6. The van der Waals surface area contributed by atoms with Crippen LogP contribution in [-0.4, -0.2) is 52.7 Å². The number of carbonyl (C=O) groups is 1. The lowest BCUT2D eigenvalue weighted by atomic mass is 10.0. The second kappa shape index (κ2) is 10.4. The highest BCUT2D eigenvalue weighted by molar-refractivity contribution is 6.34. The number of benzene rings is 1. The van der Waals surface area contributed by atoms with Gasteiger partial charge in [0.2, 0.25) is 5.91 Å². The van der Waals surface area contributed by atoms with Crippen molar-refractivity contribution in [3.8, 4) is 16.9 Å². The Morgan fingerprint density at radius 1 is 1.19 bits per heavy atom. The van der Waals surface area contributed by atoms with Crippen LogP contribution in [0.4, 0.5) is 0 Å². The van der Waals surface area contributed by atoms with Gasteiger partial charge in [0.15, 0.2) is 5.65 Å². The molecule has 214 valence electrons. The fourth-order valence-electron chi connectivity index (χ4n) is 5.79. The van der Waals surface area contributed by atoms with E-state index in [2.05, 4.69) is 21.8 Å². The summed E-state index contributed by atoms with van der Waals surface area (Å²) in [6.45, 7) is 12.1. The molecule has 1 aromatic carbocycles. The first-order valence-electron chi connectivity index (χ1n) is 13.8. The Labute approximate surface area is 246 Å². The molecule has 4 aromatic heterocycles. The van der Waals surface area contributed by atoms with Crippen molar-refractivity contribution in [2.45, 2.75) is 52.6 Å². The minimum absolute atomic E-state index is 0.0357. The maximum atomic E-state index is 14.1. The summed E-state index contributed by atoms with van der Waals surface area (Å²) in [4.78, 5) is 51.6. The first-order chi connectivity index (χ1) is 20.1. The van der Waals surface area contributed by atoms with E-state index in [1.54, 1.807) is 23.4 Å². The Bertz CT molecular complexity index is 2040. The summed E-state index contributed by atoms with van der Waals surface area (Å²) in [6.07, 6.45) is 5.37. The van der Waals surface area contributed by atoms with E-state index in [-0.39, 0.29) is 30.1 Å². The van der Waals surface area contributed by atoms with Gasteiger partial charge in [0.1, 0.15) is 0 Å². The van der Waals surface area contributed by atoms with E-state index in [4.69, 9.17) is 16.6 Å². The molecular formula is C31H30ClN7O3. The molecule has 5 aromatic rings. The summed E-state index contributed by atoms with van der Waals surface area (Å²) >= 11 is 6.95. The van der Waals surface area contributed by atoms with E-state index >= 15 is 0 Å². The molecule has 11 heteroatoms. The average Bonchev–Trinajstić information content (AvgIpc) is 3.42. The topological polar surface area (TPSA) is 119 Å². The summed E-state index contributed by atoms with van der Waals surface area (Å²) in [5, 5.41) is 8.34. The van der Waals surface area contributed by atoms with Crippen molar-refractivity contribution in [1.82, 2.24) is 34.2 Å². The van der Waals surface area contributed by atoms with E-state index in [1.807, 2.05) is 45.9 Å². The molecule has 1 atom stereocenters. The van der Waals surface area contributed by atoms with Crippen molar-refractivity contribution in [1.29, 1.82) is 0 Å². The number of pyridine rings is 2. The molecule has 0 spiro atoms. The molecule has 1 saturated heterocycles. The number of aromatic nitrogens is 6. The normalized spacial score (nSPS) is 15.0. The molecule has 0 bridgehead atoms. The third-order valence-electron chi connectivity index (χ3n) is 8.06. The Hall–Kier alpha value is -4.57. The number of amides is 1. The maximum absolute atomic E-state index is 14.1. The number of rotatable bonds is 6. The van der Waals surface area contributed by atoms with Gasteiger partial charge in [0.05, 0.1) is 45.4 Å². The van der Waals surface area contributed by atoms with Gasteiger partial charge >= 0.3 is 11.1 Å². The predicted octanol–water partition coefficient (Wildman–Crippen LogP) is 4.67. The lowest BCUT2D eigenvalue weighted by Gasteiger charge is -2.40. The van der Waals surface area contributed by atoms with Crippen LogP contribution < -0.4 is 11.1 Å². The summed E-state index contributed by atoms with van der Waals surface area (Å²) in [5.41, 5.74) is 4.15. The molecule has 10 nitrogen and oxygen atoms in total. The van der Waals surface area contributed by atoms with Crippen LogP contribution in [0, 0.1) is 13.8 Å². The monoisotopic (exact) mass is 583 g/mol. The van der Waals surface area contributed by atoms with Crippen molar-refractivity contribution >= 4 is 39.6 Å². The minimum Gasteiger partial charge on any atom is -0.334 e. The zero-order valence-corrected chi connectivity index (χ0v) is 24.6. The van der Waals surface area contributed by atoms with Crippen LogP contribution in [0.15, 0.2) is 58.9 Å². The van der Waals surface area contributed by atoms with E-state index < -0.39 is 11.1 Å². The lowest BCUT2D eigenvalue weighted by Crippen LogP contribution is -2.54. The van der Waals surface area contributed by atoms with Gasteiger partial charge in [-0.15, -0.1) is 0 Å². The molecule has 1 fully saturated rings. The first-order valence-corrected chi connectivity index (χ1v) is 14.2. The number of H-pyrrole nitrogens is 1. The molecule has 0 aliphatic carbocycles. The van der Waals surface area contributed by atoms with Gasteiger partial charge < -0.3 is 4.90 Å². The van der Waals surface area contributed by atoms with E-state index in [1.165, 1.54) is 15.2 Å². The van der Waals surface area contributed by atoms with Crippen LogP contribution in [0.3, 0.4) is 0 Å². The minimum atomic E-state index is -0.750. The maximum Gasteiger partial charge on any atom is 0.322 e. The number of aromatic amines is 1. The lowest BCUT2D eigenvalue weighted by molar-refractivity contribution is -0.133. The predicted molar refractivity (Wildman–Crippen MR) is 163 cm³/mol. The van der Waals surface area contributed by atoms with Gasteiger partial charge in [-0.25, -0.2) is 4.98 Å². The van der Waals surface area contributed by atoms with Crippen molar-refractivity contribution in [2.75, 3.05) is 6.54 Å². The third-order valence-corrected chi connectivity index (χ3v) is 8.35. The number of likely N-dealkylation sites (tertiary alicyclic amines) is 1. The SMILES string of the molecule is C=CC(=O)N1CCC1Cn1c(=O)c(=O)n(-c2c(C)ccnc2C(C)C)c2nc(-c3c(C)ccc4[nH]ncc34)c(Cl)cc21. The smallest absolute Gasteiger partial charge is 0.322 e. The molecule has 1 amide bonds. The molecule has 5 heterocycles. The summed E-state index contributed by atoms with van der Waals surface area (Å²) < 4.78 is 2.78. The molecule has 0 saturated carbocycles. The summed E-state index contributed by atoms with van der Waals surface area (Å²) in [7, 11) is 0. The number of halogens is 1. The Morgan fingerprint density at radius 2 is 1.98 bits per heavy atom. The Kier molecular flexibility index (Phi) is 6.81. The zero-order valence-electron chi connectivity index (χ0n) is 23.8. The van der Waals surface area contributed by atoms with Gasteiger partial charge in [0.25, 0.3) is 0 Å². The highest BCUT2D eigenvalue weighted by Gasteiger charge is 2.33. The number of fused-ring (bicyclic) bond motifs is 2. The highest BCUT2D eigenvalue weighted by atomic mass is 35.5. The number of aryl methyl sites for hydroxylation is 2. The quantitative estimate of drug-likeness (QED) is 0.229. The van der Waals surface area contributed by atoms with E-state index in [0.717, 1.165) is 27.6 Å². The number of nitrogens with zero attached hydrogens (tertiary/aromatic N) is 6. The van der Waals surface area contributed by atoms with Crippen LogP contribution in [-0.2, 0) is 11.3 Å². The van der Waals surface area contributed by atoms with Crippen molar-refractivity contribution in [2.24, 2.45) is 0 Å². The number of hydrogen-bond acceptors (Lipinski definition) is 6. The highest BCUT2D eigenvalue weighted by Crippen LogP contribution is 2.36. The van der Waals surface area contributed by atoms with Gasteiger partial charge in [0, 0.05) is 30.2 Å². The molecule has 1 unspecified atom stereocenters. The molecule has 6 rings (SSSR count). The van der Waals surface area contributed by atoms with Crippen LogP contribution >= 0.6 is 11.6 Å². The summed E-state index contributed by atoms with van der Waals surface area (Å²) in [5.74, 6) is -0.252. The molecular weight excluding hydrogens is 554 g/mol. The van der Waals surface area contributed by atoms with Crippen LogP contribution in [0.25, 0.3) is 39.0 Å². The zero-order chi connectivity index (χ0) is 29.9. The Morgan fingerprint density at radius 3 is 2.67 bits per heavy atom. The fraction of sp³-hybridized carbons (Fsp3) is 0.290. The average molecular weight is 584 g/mol. The third kappa shape index (κ3) is 4.25. The number of carbonyl (C=O) groups excluding carboxylic acids is 1. The summed E-state index contributed by atoms with van der Waals surface area (Å²) in [6, 6.07) is 7.13. The largest absolute Gasteiger partial charge is 0.334 e. The van der Waals surface area contributed by atoms with Gasteiger partial charge in [-0.05, 0) is 61.6 Å². The molecule has 42 heavy (non-hydrogen) atoms. The van der Waals surface area contributed by atoms with Gasteiger partial charge in [-0.2, -0.15) is 5.10 Å². The van der Waals surface area contributed by atoms with E-state index in [0.29, 0.717) is 40.6 Å². The molecule has 1 aliphatic rings. The van der Waals surface area contributed by atoms with Crippen LogP contribution in [0.5, 0.6) is 0 Å².